The minimum Gasteiger partial charge on any atom is -0.397 e. The lowest BCUT2D eigenvalue weighted by Crippen LogP contribution is -2.12. The lowest BCUT2D eigenvalue weighted by Gasteiger charge is -2.03. The Hall–Kier alpha value is -2.27. The van der Waals surface area contributed by atoms with Gasteiger partial charge in [0.2, 0.25) is 0 Å². The topological polar surface area (TPSA) is 70.9 Å². The molecule has 0 atom stereocenters. The Balaban J connectivity index is 1.91. The normalized spacial score (nSPS) is 10.7. The molecule has 4 N–H and O–H groups in total. The van der Waals surface area contributed by atoms with Gasteiger partial charge in [0, 0.05) is 15.5 Å². The summed E-state index contributed by atoms with van der Waals surface area (Å²) in [5.41, 5.74) is 8.50. The number of para-hydroxylation sites is 1. The highest BCUT2D eigenvalue weighted by Crippen LogP contribution is 2.22. The summed E-state index contributed by atoms with van der Waals surface area (Å²) in [5.74, 6) is -0.196. The van der Waals surface area contributed by atoms with Crippen LogP contribution < -0.4 is 11.1 Å². The number of hydrogen-bond donors (Lipinski definition) is 3. The third-order valence-electron chi connectivity index (χ3n) is 3.02. The van der Waals surface area contributed by atoms with E-state index >= 15 is 0 Å². The van der Waals surface area contributed by atoms with Gasteiger partial charge in [-0.05, 0) is 30.3 Å². The number of halogens is 1. The van der Waals surface area contributed by atoms with Crippen molar-refractivity contribution in [1.82, 2.24) is 4.98 Å². The molecule has 0 fully saturated rings. The van der Waals surface area contributed by atoms with Crippen LogP contribution >= 0.6 is 15.9 Å². The van der Waals surface area contributed by atoms with Crippen LogP contribution in [0.1, 0.15) is 10.5 Å². The zero-order valence-electron chi connectivity index (χ0n) is 10.5. The van der Waals surface area contributed by atoms with E-state index in [-0.39, 0.29) is 5.91 Å². The Morgan fingerprint density at radius 1 is 1.15 bits per heavy atom. The molecule has 20 heavy (non-hydrogen) atoms. The third kappa shape index (κ3) is 2.40. The van der Waals surface area contributed by atoms with E-state index in [1.807, 2.05) is 36.4 Å². The number of nitrogens with one attached hydrogen (secondary N) is 2. The molecule has 0 saturated carbocycles. The van der Waals surface area contributed by atoms with Gasteiger partial charge in [0.1, 0.15) is 5.69 Å². The largest absolute Gasteiger partial charge is 0.397 e. The van der Waals surface area contributed by atoms with Crippen LogP contribution in [0.3, 0.4) is 0 Å². The lowest BCUT2D eigenvalue weighted by molar-refractivity contribution is 0.102. The summed E-state index contributed by atoms with van der Waals surface area (Å²) in [6, 6.07) is 14.8. The number of amides is 1. The van der Waals surface area contributed by atoms with Crippen molar-refractivity contribution in [2.75, 3.05) is 11.1 Å². The highest BCUT2D eigenvalue weighted by atomic mass is 79.9. The fourth-order valence-corrected chi connectivity index (χ4v) is 2.47. The van der Waals surface area contributed by atoms with Crippen LogP contribution in [0.2, 0.25) is 0 Å². The number of fused-ring (bicyclic) bond motifs is 1. The van der Waals surface area contributed by atoms with Crippen molar-refractivity contribution in [2.45, 2.75) is 0 Å². The summed E-state index contributed by atoms with van der Waals surface area (Å²) >= 11 is 3.37. The van der Waals surface area contributed by atoms with E-state index in [9.17, 15) is 4.79 Å². The zero-order valence-corrected chi connectivity index (χ0v) is 12.1. The molecule has 0 saturated heterocycles. The van der Waals surface area contributed by atoms with Crippen molar-refractivity contribution in [3.63, 3.8) is 0 Å². The number of hydrogen-bond acceptors (Lipinski definition) is 2. The summed E-state index contributed by atoms with van der Waals surface area (Å²) in [6.07, 6.45) is 0. The van der Waals surface area contributed by atoms with Crippen LogP contribution in [0.15, 0.2) is 53.0 Å². The van der Waals surface area contributed by atoms with Gasteiger partial charge in [-0.15, -0.1) is 0 Å². The second kappa shape index (κ2) is 5.02. The maximum atomic E-state index is 12.2. The van der Waals surface area contributed by atoms with Crippen molar-refractivity contribution in [1.29, 1.82) is 0 Å². The molecular weight excluding hydrogens is 318 g/mol. The van der Waals surface area contributed by atoms with E-state index in [2.05, 4.69) is 26.2 Å². The predicted molar refractivity (Wildman–Crippen MR) is 84.8 cm³/mol. The molecule has 5 heteroatoms. The minimum absolute atomic E-state index is 0.196. The minimum atomic E-state index is -0.196. The van der Waals surface area contributed by atoms with Gasteiger partial charge >= 0.3 is 0 Å². The lowest BCUT2D eigenvalue weighted by atomic mass is 10.2. The summed E-state index contributed by atoms with van der Waals surface area (Å²) < 4.78 is 0.913. The molecule has 100 valence electrons. The Morgan fingerprint density at radius 2 is 1.95 bits per heavy atom. The number of aromatic amines is 1. The van der Waals surface area contributed by atoms with Crippen molar-refractivity contribution in [3.8, 4) is 0 Å². The Morgan fingerprint density at radius 3 is 2.70 bits per heavy atom. The van der Waals surface area contributed by atoms with Crippen molar-refractivity contribution < 1.29 is 4.79 Å². The van der Waals surface area contributed by atoms with E-state index in [4.69, 9.17) is 5.73 Å². The third-order valence-corrected chi connectivity index (χ3v) is 3.51. The smallest absolute Gasteiger partial charge is 0.272 e. The maximum absolute atomic E-state index is 12.2. The molecular formula is C15H12BrN3O. The zero-order chi connectivity index (χ0) is 14.1. The molecule has 3 aromatic rings. The summed E-state index contributed by atoms with van der Waals surface area (Å²) in [7, 11) is 0. The number of benzene rings is 2. The number of nitrogen functional groups attached to an aromatic ring is 1. The molecule has 0 unspecified atom stereocenters. The van der Waals surface area contributed by atoms with E-state index in [1.165, 1.54) is 0 Å². The maximum Gasteiger partial charge on any atom is 0.272 e. The Bertz CT molecular complexity index is 795. The number of carbonyl (C=O) groups excluding carboxylic acids is 1. The average Bonchev–Trinajstić information content (AvgIpc) is 2.84. The first-order valence-corrected chi connectivity index (χ1v) is 6.87. The van der Waals surface area contributed by atoms with Gasteiger partial charge in [-0.25, -0.2) is 0 Å². The fourth-order valence-electron chi connectivity index (χ4n) is 2.07. The molecule has 1 heterocycles. The highest BCUT2D eigenvalue weighted by molar-refractivity contribution is 9.10. The molecule has 0 bridgehead atoms. The molecule has 0 aliphatic rings. The molecule has 4 nitrogen and oxygen atoms in total. The molecule has 1 aromatic heterocycles. The van der Waals surface area contributed by atoms with E-state index < -0.39 is 0 Å². The first-order valence-electron chi connectivity index (χ1n) is 6.07. The van der Waals surface area contributed by atoms with E-state index in [0.717, 1.165) is 21.1 Å². The summed E-state index contributed by atoms with van der Waals surface area (Å²) in [6.45, 7) is 0. The van der Waals surface area contributed by atoms with Gasteiger partial charge in [-0.1, -0.05) is 34.1 Å². The molecule has 3 rings (SSSR count). The van der Waals surface area contributed by atoms with E-state index in [1.54, 1.807) is 12.1 Å². The fraction of sp³-hybridized carbons (Fsp3) is 0. The standard InChI is InChI=1S/C15H12BrN3O/c16-10-4-2-5-11(8-10)18-15(20)13-7-9-3-1-6-12(17)14(9)19-13/h1-8,19H,17H2,(H,18,20). The number of H-pyrrole nitrogens is 1. The molecule has 0 aliphatic heterocycles. The van der Waals surface area contributed by atoms with Crippen LogP contribution in [0, 0.1) is 0 Å². The second-order valence-corrected chi connectivity index (χ2v) is 5.37. The quantitative estimate of drug-likeness (QED) is 0.626. The summed E-state index contributed by atoms with van der Waals surface area (Å²) in [4.78, 5) is 15.3. The van der Waals surface area contributed by atoms with Crippen LogP contribution in [-0.4, -0.2) is 10.9 Å². The van der Waals surface area contributed by atoms with Crippen molar-refractivity contribution in [3.05, 3.63) is 58.7 Å². The highest BCUT2D eigenvalue weighted by Gasteiger charge is 2.11. The molecule has 2 aromatic carbocycles. The number of rotatable bonds is 2. The average molecular weight is 330 g/mol. The van der Waals surface area contributed by atoms with Crippen molar-refractivity contribution in [2.24, 2.45) is 0 Å². The molecule has 0 aliphatic carbocycles. The first kappa shape index (κ1) is 12.7. The number of nitrogens with two attached hydrogens (primary N) is 1. The predicted octanol–water partition coefficient (Wildman–Crippen LogP) is 3.76. The van der Waals surface area contributed by atoms with Gasteiger partial charge < -0.3 is 16.0 Å². The van der Waals surface area contributed by atoms with E-state index in [0.29, 0.717) is 11.4 Å². The first-order chi connectivity index (χ1) is 9.63. The SMILES string of the molecule is Nc1cccc2cc(C(=O)Nc3cccc(Br)c3)[nH]c12. The van der Waals surface area contributed by atoms with Crippen LogP contribution in [0.4, 0.5) is 11.4 Å². The van der Waals surface area contributed by atoms with Gasteiger partial charge in [-0.2, -0.15) is 0 Å². The van der Waals surface area contributed by atoms with Crippen molar-refractivity contribution >= 4 is 44.1 Å². The van der Waals surface area contributed by atoms with Gasteiger partial charge in [0.25, 0.3) is 5.91 Å². The van der Waals surface area contributed by atoms with Gasteiger partial charge in [-0.3, -0.25) is 4.79 Å². The molecule has 0 radical (unpaired) electrons. The molecule has 1 amide bonds. The number of carbonyl (C=O) groups is 1. The summed E-state index contributed by atoms with van der Waals surface area (Å²) in [5, 5.41) is 3.76. The Kier molecular flexibility index (Phi) is 3.20. The Labute approximate surface area is 124 Å². The monoisotopic (exact) mass is 329 g/mol. The van der Waals surface area contributed by atoms with Gasteiger partial charge in [0.05, 0.1) is 11.2 Å². The van der Waals surface area contributed by atoms with Crippen LogP contribution in [0.5, 0.6) is 0 Å². The van der Waals surface area contributed by atoms with Crippen LogP contribution in [-0.2, 0) is 0 Å². The molecule has 0 spiro atoms. The second-order valence-electron chi connectivity index (χ2n) is 4.46. The number of anilines is 2. The van der Waals surface area contributed by atoms with Gasteiger partial charge in [0.15, 0.2) is 0 Å². The number of aromatic nitrogens is 1. The van der Waals surface area contributed by atoms with Crippen LogP contribution in [0.25, 0.3) is 10.9 Å².